The first-order valence-corrected chi connectivity index (χ1v) is 5.58. The van der Waals surface area contributed by atoms with Crippen LogP contribution in [0.5, 0.6) is 0 Å². The second-order valence-electron chi connectivity index (χ2n) is 4.49. The Labute approximate surface area is 95.1 Å². The summed E-state index contributed by atoms with van der Waals surface area (Å²) in [5.74, 6) is 1.04. The molecule has 3 atom stereocenters. The Morgan fingerprint density at radius 2 is 2.25 bits per heavy atom. The molecule has 1 aliphatic carbocycles. The standard InChI is InChI=1S/C12H14N4/c1-9-2-3-10(7-13)11(6-9)16-5-4-15-12(16)8-14/h4-5,9-11H,2-3,6H2,1H3. The third-order valence-electron chi connectivity index (χ3n) is 3.37. The molecule has 0 saturated heterocycles. The van der Waals surface area contributed by atoms with Crippen molar-refractivity contribution in [3.05, 3.63) is 18.2 Å². The van der Waals surface area contributed by atoms with Crippen LogP contribution in [0.1, 0.15) is 38.1 Å². The zero-order chi connectivity index (χ0) is 11.5. The van der Waals surface area contributed by atoms with E-state index in [9.17, 15) is 0 Å². The van der Waals surface area contributed by atoms with Gasteiger partial charge in [0, 0.05) is 12.4 Å². The van der Waals surface area contributed by atoms with Gasteiger partial charge in [-0.15, -0.1) is 0 Å². The molecule has 0 radical (unpaired) electrons. The van der Waals surface area contributed by atoms with Gasteiger partial charge in [-0.25, -0.2) is 4.98 Å². The number of rotatable bonds is 1. The first-order chi connectivity index (χ1) is 7.76. The Hall–Kier alpha value is -1.81. The average molecular weight is 214 g/mol. The van der Waals surface area contributed by atoms with Crippen molar-refractivity contribution in [2.45, 2.75) is 32.2 Å². The van der Waals surface area contributed by atoms with Crippen molar-refractivity contribution in [3.8, 4) is 12.1 Å². The summed E-state index contributed by atoms with van der Waals surface area (Å²) in [5, 5.41) is 18.1. The molecular formula is C12H14N4. The van der Waals surface area contributed by atoms with E-state index in [0.717, 1.165) is 19.3 Å². The SMILES string of the molecule is CC1CCC(C#N)C(n2ccnc2C#N)C1. The van der Waals surface area contributed by atoms with Gasteiger partial charge in [0.25, 0.3) is 0 Å². The Bertz CT molecular complexity index is 448. The lowest BCUT2D eigenvalue weighted by molar-refractivity contribution is 0.231. The molecule has 1 saturated carbocycles. The highest BCUT2D eigenvalue weighted by molar-refractivity contribution is 5.14. The minimum absolute atomic E-state index is 0.0116. The van der Waals surface area contributed by atoms with E-state index in [-0.39, 0.29) is 12.0 Å². The van der Waals surface area contributed by atoms with Crippen molar-refractivity contribution >= 4 is 0 Å². The van der Waals surface area contributed by atoms with Crippen LogP contribution < -0.4 is 0 Å². The lowest BCUT2D eigenvalue weighted by atomic mass is 9.79. The third-order valence-corrected chi connectivity index (χ3v) is 3.37. The van der Waals surface area contributed by atoms with Gasteiger partial charge < -0.3 is 4.57 Å². The van der Waals surface area contributed by atoms with E-state index in [1.807, 2.05) is 10.8 Å². The van der Waals surface area contributed by atoms with E-state index >= 15 is 0 Å². The van der Waals surface area contributed by atoms with Crippen molar-refractivity contribution in [3.63, 3.8) is 0 Å². The van der Waals surface area contributed by atoms with E-state index in [2.05, 4.69) is 24.0 Å². The molecule has 4 heteroatoms. The second kappa shape index (κ2) is 4.37. The predicted octanol–water partition coefficient (Wildman–Crippen LogP) is 2.26. The van der Waals surface area contributed by atoms with E-state index in [4.69, 9.17) is 10.5 Å². The molecule has 1 aliphatic rings. The fraction of sp³-hybridized carbons (Fsp3) is 0.583. The van der Waals surface area contributed by atoms with Crippen LogP contribution >= 0.6 is 0 Å². The summed E-state index contributed by atoms with van der Waals surface area (Å²) in [5.41, 5.74) is 0. The molecule has 16 heavy (non-hydrogen) atoms. The monoisotopic (exact) mass is 214 g/mol. The summed E-state index contributed by atoms with van der Waals surface area (Å²) < 4.78 is 1.86. The first-order valence-electron chi connectivity index (χ1n) is 5.58. The van der Waals surface area contributed by atoms with Gasteiger partial charge in [-0.2, -0.15) is 10.5 Å². The third kappa shape index (κ3) is 1.79. The normalized spacial score (nSPS) is 29.3. The van der Waals surface area contributed by atoms with Crippen LogP contribution in [0.3, 0.4) is 0 Å². The van der Waals surface area contributed by atoms with E-state index in [1.54, 1.807) is 6.20 Å². The van der Waals surface area contributed by atoms with Crippen LogP contribution in [0.4, 0.5) is 0 Å². The molecule has 82 valence electrons. The molecule has 0 amide bonds. The van der Waals surface area contributed by atoms with Gasteiger partial charge in [-0.1, -0.05) is 6.92 Å². The summed E-state index contributed by atoms with van der Waals surface area (Å²) >= 11 is 0. The van der Waals surface area contributed by atoms with Crippen LogP contribution in [0.15, 0.2) is 12.4 Å². The molecule has 2 rings (SSSR count). The molecule has 1 aromatic rings. The summed E-state index contributed by atoms with van der Waals surface area (Å²) in [6.07, 6.45) is 6.43. The Kier molecular flexibility index (Phi) is 2.92. The van der Waals surface area contributed by atoms with Crippen LogP contribution in [-0.4, -0.2) is 9.55 Å². The first kappa shape index (κ1) is 10.7. The van der Waals surface area contributed by atoms with Gasteiger partial charge in [0.1, 0.15) is 6.07 Å². The quantitative estimate of drug-likeness (QED) is 0.720. The number of hydrogen-bond acceptors (Lipinski definition) is 3. The summed E-state index contributed by atoms with van der Waals surface area (Å²) in [6, 6.07) is 4.55. The van der Waals surface area contributed by atoms with Gasteiger partial charge in [0.2, 0.25) is 5.82 Å². The number of aromatic nitrogens is 2. The lowest BCUT2D eigenvalue weighted by Gasteiger charge is -2.32. The highest BCUT2D eigenvalue weighted by atomic mass is 15.1. The molecule has 1 aromatic heterocycles. The molecule has 0 N–H and O–H groups in total. The number of hydrogen-bond donors (Lipinski definition) is 0. The highest BCUT2D eigenvalue weighted by Crippen LogP contribution is 2.37. The minimum Gasteiger partial charge on any atom is -0.318 e. The van der Waals surface area contributed by atoms with Crippen LogP contribution in [0.25, 0.3) is 0 Å². The zero-order valence-corrected chi connectivity index (χ0v) is 9.30. The van der Waals surface area contributed by atoms with Crippen LogP contribution in [-0.2, 0) is 0 Å². The predicted molar refractivity (Wildman–Crippen MR) is 58.1 cm³/mol. The summed E-state index contributed by atoms with van der Waals surface area (Å²) in [6.45, 7) is 2.20. The molecule has 1 heterocycles. The maximum absolute atomic E-state index is 9.14. The maximum Gasteiger partial charge on any atom is 0.213 e. The molecule has 4 nitrogen and oxygen atoms in total. The van der Waals surface area contributed by atoms with Gasteiger partial charge >= 0.3 is 0 Å². The largest absolute Gasteiger partial charge is 0.318 e. The average Bonchev–Trinajstić information content (AvgIpc) is 2.76. The summed E-state index contributed by atoms with van der Waals surface area (Å²) in [4.78, 5) is 4.00. The van der Waals surface area contributed by atoms with Gasteiger partial charge in [0.15, 0.2) is 0 Å². The van der Waals surface area contributed by atoms with Gasteiger partial charge in [-0.3, -0.25) is 0 Å². The Morgan fingerprint density at radius 3 is 2.94 bits per heavy atom. The van der Waals surface area contributed by atoms with Crippen molar-refractivity contribution in [1.82, 2.24) is 9.55 Å². The van der Waals surface area contributed by atoms with Crippen molar-refractivity contribution < 1.29 is 0 Å². The van der Waals surface area contributed by atoms with Gasteiger partial charge in [0.05, 0.1) is 18.0 Å². The van der Waals surface area contributed by atoms with Crippen LogP contribution in [0, 0.1) is 34.5 Å². The number of nitriles is 2. The van der Waals surface area contributed by atoms with Crippen molar-refractivity contribution in [2.75, 3.05) is 0 Å². The zero-order valence-electron chi connectivity index (χ0n) is 9.30. The van der Waals surface area contributed by atoms with E-state index in [0.29, 0.717) is 11.7 Å². The lowest BCUT2D eigenvalue weighted by Crippen LogP contribution is -2.26. The molecule has 0 aromatic carbocycles. The molecule has 0 spiro atoms. The van der Waals surface area contributed by atoms with Crippen molar-refractivity contribution in [2.24, 2.45) is 11.8 Å². The highest BCUT2D eigenvalue weighted by Gasteiger charge is 2.30. The van der Waals surface area contributed by atoms with Crippen LogP contribution in [0.2, 0.25) is 0 Å². The van der Waals surface area contributed by atoms with E-state index in [1.165, 1.54) is 0 Å². The fourth-order valence-corrected chi connectivity index (χ4v) is 2.48. The number of imidazole rings is 1. The molecule has 1 fully saturated rings. The summed E-state index contributed by atoms with van der Waals surface area (Å²) in [7, 11) is 0. The topological polar surface area (TPSA) is 65.4 Å². The second-order valence-corrected chi connectivity index (χ2v) is 4.49. The fourth-order valence-electron chi connectivity index (χ4n) is 2.48. The Morgan fingerprint density at radius 1 is 1.44 bits per heavy atom. The number of nitrogens with zero attached hydrogens (tertiary/aromatic N) is 4. The van der Waals surface area contributed by atoms with Gasteiger partial charge in [-0.05, 0) is 25.2 Å². The van der Waals surface area contributed by atoms with Crippen molar-refractivity contribution in [1.29, 1.82) is 10.5 Å². The maximum atomic E-state index is 9.14. The minimum atomic E-state index is 0.0116. The van der Waals surface area contributed by atoms with E-state index < -0.39 is 0 Å². The molecule has 3 unspecified atom stereocenters. The molecular weight excluding hydrogens is 200 g/mol. The molecule has 0 aliphatic heterocycles. The smallest absolute Gasteiger partial charge is 0.213 e. The molecule has 0 bridgehead atoms. The Balaban J connectivity index is 2.31.